The summed E-state index contributed by atoms with van der Waals surface area (Å²) in [5.74, 6) is 0. The predicted octanol–water partition coefficient (Wildman–Crippen LogP) is 20.9. The number of fused-ring (bicyclic) bond motifs is 27. The van der Waals surface area contributed by atoms with Gasteiger partial charge in [-0.3, -0.25) is 0 Å². The van der Waals surface area contributed by atoms with Crippen molar-refractivity contribution in [1.82, 2.24) is 4.57 Å². The number of benzene rings is 15. The fourth-order valence-electron chi connectivity index (χ4n) is 18.9. The lowest BCUT2D eigenvalue weighted by molar-refractivity contribution is 0.793. The summed E-state index contributed by atoms with van der Waals surface area (Å²) in [6.45, 7) is -0.206. The van der Waals surface area contributed by atoms with Crippen molar-refractivity contribution in [3.05, 3.63) is 384 Å². The molecule has 0 amide bonds. The number of hydrogen-bond donors (Lipinski definition) is 0. The first-order valence-electron chi connectivity index (χ1n) is 33.7. The number of para-hydroxylation sites is 2. The van der Waals surface area contributed by atoms with Crippen LogP contribution in [0.25, 0.3) is 94.3 Å². The first-order valence-corrected chi connectivity index (χ1v) is 33.7. The molecule has 1 aromatic heterocycles. The van der Waals surface area contributed by atoms with E-state index in [9.17, 15) is 0 Å². The zero-order valence-electron chi connectivity index (χ0n) is 52.3. The van der Waals surface area contributed by atoms with Crippen LogP contribution in [0.1, 0.15) is 44.5 Å². The van der Waals surface area contributed by atoms with Gasteiger partial charge in [0, 0.05) is 44.9 Å². The summed E-state index contributed by atoms with van der Waals surface area (Å²) in [6.07, 6.45) is 0. The molecule has 0 N–H and O–H groups in total. The summed E-state index contributed by atoms with van der Waals surface area (Å²) < 4.78 is 2.54. The normalized spacial score (nSPS) is 14.4. The van der Waals surface area contributed by atoms with Crippen LogP contribution in [0.3, 0.4) is 0 Å². The van der Waals surface area contributed by atoms with E-state index in [4.69, 9.17) is 0 Å². The van der Waals surface area contributed by atoms with E-state index in [1.807, 2.05) is 0 Å². The Balaban J connectivity index is 0.885. The minimum Gasteiger partial charge on any atom is -0.311 e. The highest BCUT2D eigenvalue weighted by molar-refractivity contribution is 7.00. The van der Waals surface area contributed by atoms with E-state index in [-0.39, 0.29) is 6.71 Å². The lowest BCUT2D eigenvalue weighted by Gasteiger charge is -2.45. The molecular weight excluding hydrogens is 1160 g/mol. The number of hydrogen-bond acceptors (Lipinski definition) is 2. The standard InChI is InChI=1S/C92H56BN3/c1-3-23-57(24-4-1)59-43-46-61(47-44-59)94-87-56-81-73(69-32-12-20-40-79(69)92(81)76-37-17-9-29-66(76)67-30-10-18-38-77(67)92)55-83(87)93-82-51-60(58-25-5-2-6-26-58)45-50-86(82)95(89-54-63(53-88(94)90(89)93)96-84-41-21-13-33-71(84)72-34-14-22-42-85(72)96)62-48-49-70-68-31-11-19-39-78(68)91(80(70)52-62)74-35-15-7-27-64(74)65-28-8-16-36-75(65)91/h1-56H. The second-order valence-electron chi connectivity index (χ2n) is 26.9. The van der Waals surface area contributed by atoms with Gasteiger partial charge in [0.25, 0.3) is 6.71 Å². The Kier molecular flexibility index (Phi) is 10.5. The smallest absolute Gasteiger partial charge is 0.252 e. The van der Waals surface area contributed by atoms with Crippen LogP contribution in [0.2, 0.25) is 0 Å². The van der Waals surface area contributed by atoms with Crippen LogP contribution in [0.5, 0.6) is 0 Å². The van der Waals surface area contributed by atoms with Crippen molar-refractivity contribution in [2.45, 2.75) is 10.8 Å². The van der Waals surface area contributed by atoms with E-state index in [0.29, 0.717) is 0 Å². The molecule has 0 saturated heterocycles. The van der Waals surface area contributed by atoms with Crippen LogP contribution in [-0.2, 0) is 10.8 Å². The highest BCUT2D eigenvalue weighted by atomic mass is 15.2. The topological polar surface area (TPSA) is 11.4 Å². The van der Waals surface area contributed by atoms with E-state index in [1.54, 1.807) is 0 Å². The molecule has 0 atom stereocenters. The zero-order chi connectivity index (χ0) is 62.5. The minimum absolute atomic E-state index is 0.206. The Hall–Kier alpha value is -12.2. The molecule has 0 saturated carbocycles. The average Bonchev–Trinajstić information content (AvgIpc) is 1.43. The molecule has 16 aromatic rings. The molecule has 0 fully saturated rings. The van der Waals surface area contributed by atoms with Crippen LogP contribution < -0.4 is 26.2 Å². The molecule has 96 heavy (non-hydrogen) atoms. The number of anilines is 6. The summed E-state index contributed by atoms with van der Waals surface area (Å²) in [5, 5.41) is 2.45. The molecule has 3 nitrogen and oxygen atoms in total. The molecule has 22 rings (SSSR count). The molecule has 442 valence electrons. The van der Waals surface area contributed by atoms with Gasteiger partial charge >= 0.3 is 0 Å². The quantitative estimate of drug-likeness (QED) is 0.159. The molecule has 0 radical (unpaired) electrons. The Bertz CT molecular complexity index is 5900. The van der Waals surface area contributed by atoms with Gasteiger partial charge in [-0.05, 0) is 188 Å². The van der Waals surface area contributed by atoms with Crippen molar-refractivity contribution in [2.75, 3.05) is 9.80 Å². The molecule has 15 aromatic carbocycles. The van der Waals surface area contributed by atoms with Gasteiger partial charge in [0.05, 0.1) is 27.6 Å². The van der Waals surface area contributed by atoms with E-state index in [2.05, 4.69) is 354 Å². The molecule has 4 heteroatoms. The van der Waals surface area contributed by atoms with Crippen LogP contribution in [-0.4, -0.2) is 11.3 Å². The van der Waals surface area contributed by atoms with E-state index in [0.717, 1.165) is 34.1 Å². The van der Waals surface area contributed by atoms with Gasteiger partial charge in [0.1, 0.15) is 0 Å². The Labute approximate surface area is 557 Å². The number of aromatic nitrogens is 1. The van der Waals surface area contributed by atoms with E-state index in [1.165, 1.54) is 155 Å². The maximum atomic E-state index is 2.66. The van der Waals surface area contributed by atoms with Gasteiger partial charge in [0.2, 0.25) is 0 Å². The second-order valence-corrected chi connectivity index (χ2v) is 26.9. The summed E-state index contributed by atoms with van der Waals surface area (Å²) >= 11 is 0. The number of nitrogens with zero attached hydrogens (tertiary/aromatic N) is 3. The molecule has 4 aliphatic carbocycles. The van der Waals surface area contributed by atoms with Crippen molar-refractivity contribution in [3.63, 3.8) is 0 Å². The average molecular weight is 1210 g/mol. The first kappa shape index (κ1) is 52.3. The third-order valence-electron chi connectivity index (χ3n) is 22.6. The molecule has 3 heterocycles. The SMILES string of the molecule is c1ccc(-c2ccc(N3c4cc5c(cc4B4c6cc(-c7ccccc7)ccc6N(c6ccc7c(c6)C6(c8ccccc8-c8ccccc86)c6ccccc6-7)c6cc(-n7c8ccccc8c8ccccc87)cc3c64)-c3ccccc3C53c4ccccc4-c4ccccc43)cc2)cc1. The lowest BCUT2D eigenvalue weighted by atomic mass is 9.33. The fraction of sp³-hybridized carbons (Fsp3) is 0.0217. The van der Waals surface area contributed by atoms with Crippen LogP contribution in [0.4, 0.5) is 34.1 Å². The second kappa shape index (κ2) is 19.2. The molecule has 2 aliphatic heterocycles. The monoisotopic (exact) mass is 1210 g/mol. The molecule has 0 bridgehead atoms. The zero-order valence-corrected chi connectivity index (χ0v) is 52.3. The summed E-state index contributed by atoms with van der Waals surface area (Å²) in [6, 6.07) is 130. The first-order chi connectivity index (χ1) is 47.6. The van der Waals surface area contributed by atoms with Crippen molar-refractivity contribution in [2.24, 2.45) is 0 Å². The van der Waals surface area contributed by atoms with Crippen LogP contribution >= 0.6 is 0 Å². The Morgan fingerprint density at radius 2 is 0.594 bits per heavy atom. The highest BCUT2D eigenvalue weighted by Gasteiger charge is 2.55. The van der Waals surface area contributed by atoms with Crippen molar-refractivity contribution >= 4 is 79.0 Å². The molecule has 0 unspecified atom stereocenters. The molecule has 6 aliphatic rings. The molecule has 2 spiro atoms. The predicted molar refractivity (Wildman–Crippen MR) is 398 cm³/mol. The minimum atomic E-state index is -0.570. The van der Waals surface area contributed by atoms with Gasteiger partial charge < -0.3 is 14.4 Å². The van der Waals surface area contributed by atoms with Gasteiger partial charge in [-0.15, -0.1) is 0 Å². The highest BCUT2D eigenvalue weighted by Crippen LogP contribution is 2.66. The van der Waals surface area contributed by atoms with Crippen LogP contribution in [0, 0.1) is 0 Å². The third kappa shape index (κ3) is 6.62. The van der Waals surface area contributed by atoms with Crippen LogP contribution in [0.15, 0.2) is 340 Å². The maximum Gasteiger partial charge on any atom is 0.252 e. The van der Waals surface area contributed by atoms with Gasteiger partial charge in [0.15, 0.2) is 0 Å². The Morgan fingerprint density at radius 1 is 0.219 bits per heavy atom. The largest absolute Gasteiger partial charge is 0.311 e. The van der Waals surface area contributed by atoms with Gasteiger partial charge in [-0.2, -0.15) is 0 Å². The summed E-state index contributed by atoms with van der Waals surface area (Å²) in [5.41, 5.74) is 38.6. The fourth-order valence-corrected chi connectivity index (χ4v) is 18.9. The Morgan fingerprint density at radius 3 is 1.10 bits per heavy atom. The van der Waals surface area contributed by atoms with Crippen molar-refractivity contribution in [1.29, 1.82) is 0 Å². The van der Waals surface area contributed by atoms with E-state index >= 15 is 0 Å². The molecular formula is C92H56BN3. The third-order valence-corrected chi connectivity index (χ3v) is 22.6. The van der Waals surface area contributed by atoms with Crippen molar-refractivity contribution < 1.29 is 0 Å². The van der Waals surface area contributed by atoms with Crippen molar-refractivity contribution in [3.8, 4) is 72.4 Å². The van der Waals surface area contributed by atoms with Gasteiger partial charge in [-0.25, -0.2) is 0 Å². The summed E-state index contributed by atoms with van der Waals surface area (Å²) in [4.78, 5) is 5.32. The summed E-state index contributed by atoms with van der Waals surface area (Å²) in [7, 11) is 0. The lowest BCUT2D eigenvalue weighted by Crippen LogP contribution is -2.61. The maximum absolute atomic E-state index is 2.66. The van der Waals surface area contributed by atoms with E-state index < -0.39 is 10.8 Å². The van der Waals surface area contributed by atoms with Gasteiger partial charge in [-0.1, -0.05) is 279 Å². The number of rotatable bonds is 5.